The molecule has 13 heteroatoms. The van der Waals surface area contributed by atoms with E-state index in [1.165, 1.54) is 89.9 Å². The van der Waals surface area contributed by atoms with Crippen molar-refractivity contribution in [2.24, 2.45) is 0 Å². The van der Waals surface area contributed by atoms with Gasteiger partial charge in [-0.25, -0.2) is 4.18 Å². The zero-order valence-electron chi connectivity index (χ0n) is 35.4. The number of hydrogen-bond donors (Lipinski definition) is 4. The van der Waals surface area contributed by atoms with E-state index in [4.69, 9.17) is 23.5 Å². The van der Waals surface area contributed by atoms with E-state index in [0.717, 1.165) is 57.8 Å². The highest BCUT2D eigenvalue weighted by Crippen LogP contribution is 2.26. The fourth-order valence-electron chi connectivity index (χ4n) is 6.62. The molecule has 0 bridgehead atoms. The molecule has 0 saturated carbocycles. The van der Waals surface area contributed by atoms with Crippen molar-refractivity contribution in [3.63, 3.8) is 0 Å². The normalized spacial score (nSPS) is 21.0. The van der Waals surface area contributed by atoms with Gasteiger partial charge < -0.3 is 34.3 Å². The van der Waals surface area contributed by atoms with E-state index < -0.39 is 59.8 Å². The minimum Gasteiger partial charge on any atom is -0.457 e. The molecular formula is C44H80O12S. The van der Waals surface area contributed by atoms with Gasteiger partial charge in [-0.3, -0.25) is 9.35 Å². The summed E-state index contributed by atoms with van der Waals surface area (Å²) in [5, 5.41) is 30.6. The van der Waals surface area contributed by atoms with Crippen LogP contribution in [0.25, 0.3) is 0 Å². The third-order valence-corrected chi connectivity index (χ3v) is 10.5. The summed E-state index contributed by atoms with van der Waals surface area (Å²) >= 11 is 0. The van der Waals surface area contributed by atoms with Crippen molar-refractivity contribution in [2.45, 2.75) is 211 Å². The van der Waals surface area contributed by atoms with Gasteiger partial charge in [0.15, 0.2) is 6.29 Å². The van der Waals surface area contributed by atoms with Gasteiger partial charge in [-0.2, -0.15) is 8.42 Å². The van der Waals surface area contributed by atoms with E-state index in [2.05, 4.69) is 54.5 Å². The molecule has 1 saturated heterocycles. The van der Waals surface area contributed by atoms with Crippen LogP contribution in [0.1, 0.15) is 174 Å². The Morgan fingerprint density at radius 3 is 1.68 bits per heavy atom. The Kier molecular flexibility index (Phi) is 33.9. The quantitative estimate of drug-likeness (QED) is 0.0201. The summed E-state index contributed by atoms with van der Waals surface area (Å²) in [6.45, 7) is 3.91. The van der Waals surface area contributed by atoms with Crippen LogP contribution in [0, 0.1) is 0 Å². The van der Waals surface area contributed by atoms with Crippen LogP contribution in [0.5, 0.6) is 0 Å². The standard InChI is InChI=1S/C44H80O12S/c1-3-5-7-9-11-13-14-15-16-17-18-19-20-21-22-23-24-25-26-28-30-32-34-52-36-38(54-40(46)33-31-29-27-12-10-8-6-4-2)37-53-44-42(48)43(56-57(49,50)51)41(47)39(35-45)55-44/h14-15,17-18,20-21,38-39,41-45,47-48H,3-13,16,19,22-37H2,1-2H3,(H,49,50,51)/b15-14-,18-17-,21-20-. The van der Waals surface area contributed by atoms with Gasteiger partial charge in [-0.05, 0) is 51.4 Å². The average molecular weight is 833 g/mol. The van der Waals surface area contributed by atoms with Crippen LogP contribution >= 0.6 is 0 Å². The van der Waals surface area contributed by atoms with Gasteiger partial charge in [0.25, 0.3) is 0 Å². The van der Waals surface area contributed by atoms with Gasteiger partial charge in [-0.15, -0.1) is 0 Å². The summed E-state index contributed by atoms with van der Waals surface area (Å²) in [7, 11) is -5.06. The molecule has 6 atom stereocenters. The molecule has 6 unspecified atom stereocenters. The van der Waals surface area contributed by atoms with Crippen LogP contribution in [-0.2, 0) is 38.3 Å². The molecule has 0 spiro atoms. The zero-order chi connectivity index (χ0) is 41.8. The number of allylic oxidation sites excluding steroid dienone is 6. The first-order chi connectivity index (χ1) is 27.6. The lowest BCUT2D eigenvalue weighted by atomic mass is 9.99. The molecule has 0 aromatic heterocycles. The van der Waals surface area contributed by atoms with Crippen molar-refractivity contribution in [3.8, 4) is 0 Å². The first-order valence-electron chi connectivity index (χ1n) is 22.2. The lowest BCUT2D eigenvalue weighted by Crippen LogP contribution is -2.60. The molecule has 1 heterocycles. The molecule has 0 aromatic carbocycles. The second-order valence-corrected chi connectivity index (χ2v) is 16.3. The molecule has 0 radical (unpaired) electrons. The predicted molar refractivity (Wildman–Crippen MR) is 225 cm³/mol. The summed E-state index contributed by atoms with van der Waals surface area (Å²) in [5.41, 5.74) is 0. The van der Waals surface area contributed by atoms with E-state index in [0.29, 0.717) is 13.0 Å². The number of esters is 1. The lowest BCUT2D eigenvalue weighted by Gasteiger charge is -2.41. The number of ether oxygens (including phenoxy) is 4. The average Bonchev–Trinajstić information content (AvgIpc) is 3.18. The lowest BCUT2D eigenvalue weighted by molar-refractivity contribution is -0.301. The number of aliphatic hydroxyl groups is 3. The van der Waals surface area contributed by atoms with E-state index in [1.54, 1.807) is 0 Å². The van der Waals surface area contributed by atoms with Crippen molar-refractivity contribution >= 4 is 16.4 Å². The summed E-state index contributed by atoms with van der Waals surface area (Å²) in [4.78, 5) is 12.7. The second-order valence-electron chi connectivity index (χ2n) is 15.3. The fraction of sp³-hybridized carbons (Fsp3) is 0.841. The molecular weight excluding hydrogens is 753 g/mol. The first kappa shape index (κ1) is 53.3. The Balaban J connectivity index is 2.35. The third kappa shape index (κ3) is 30.1. The Hall–Kier alpha value is -1.68. The van der Waals surface area contributed by atoms with Crippen molar-refractivity contribution < 1.29 is 56.2 Å². The molecule has 334 valence electrons. The highest BCUT2D eigenvalue weighted by molar-refractivity contribution is 7.80. The monoisotopic (exact) mass is 833 g/mol. The van der Waals surface area contributed by atoms with Crippen LogP contribution < -0.4 is 0 Å². The molecule has 4 N–H and O–H groups in total. The Morgan fingerprint density at radius 1 is 0.667 bits per heavy atom. The maximum atomic E-state index is 12.7. The van der Waals surface area contributed by atoms with E-state index in [1.807, 2.05) is 0 Å². The van der Waals surface area contributed by atoms with E-state index in [9.17, 15) is 28.5 Å². The van der Waals surface area contributed by atoms with Crippen LogP contribution in [0.3, 0.4) is 0 Å². The Bertz CT molecular complexity index is 1140. The van der Waals surface area contributed by atoms with Crippen molar-refractivity contribution in [2.75, 3.05) is 26.4 Å². The third-order valence-electron chi connectivity index (χ3n) is 10.0. The highest BCUT2D eigenvalue weighted by Gasteiger charge is 2.48. The molecule has 1 aliphatic rings. The molecule has 1 rings (SSSR count). The summed E-state index contributed by atoms with van der Waals surface area (Å²) in [6.07, 6.45) is 32.0. The highest BCUT2D eigenvalue weighted by atomic mass is 32.3. The van der Waals surface area contributed by atoms with Gasteiger partial charge in [-0.1, -0.05) is 153 Å². The van der Waals surface area contributed by atoms with E-state index >= 15 is 0 Å². The minimum atomic E-state index is -5.06. The molecule has 0 aliphatic carbocycles. The van der Waals surface area contributed by atoms with Crippen LogP contribution in [-0.4, -0.2) is 97.5 Å². The summed E-state index contributed by atoms with van der Waals surface area (Å²) < 4.78 is 58.8. The first-order valence-corrected chi connectivity index (χ1v) is 23.6. The van der Waals surface area contributed by atoms with Crippen LogP contribution in [0.15, 0.2) is 36.5 Å². The number of hydrogen-bond acceptors (Lipinski definition) is 11. The number of rotatable bonds is 38. The van der Waals surface area contributed by atoms with Gasteiger partial charge in [0.2, 0.25) is 0 Å². The number of carbonyl (C=O) groups is 1. The zero-order valence-corrected chi connectivity index (χ0v) is 36.2. The van der Waals surface area contributed by atoms with Gasteiger partial charge >= 0.3 is 16.4 Å². The topological polar surface area (TPSA) is 178 Å². The maximum Gasteiger partial charge on any atom is 0.397 e. The SMILES string of the molecule is CCCCCCC/C=C\C/C=C\C/C=C\CCCCCCCCCOCC(COC1OC(CO)C(O)C(OS(=O)(=O)O)C1O)OC(=O)CCCCCCCCCC. The predicted octanol–water partition coefficient (Wildman–Crippen LogP) is 9.02. The van der Waals surface area contributed by atoms with Gasteiger partial charge in [0.1, 0.15) is 30.5 Å². The minimum absolute atomic E-state index is 0.0304. The van der Waals surface area contributed by atoms with Gasteiger partial charge in [0, 0.05) is 13.0 Å². The molecule has 0 aromatic rings. The molecule has 57 heavy (non-hydrogen) atoms. The smallest absolute Gasteiger partial charge is 0.397 e. The van der Waals surface area contributed by atoms with E-state index in [-0.39, 0.29) is 19.6 Å². The summed E-state index contributed by atoms with van der Waals surface area (Å²) in [5.74, 6) is -0.408. The molecule has 1 fully saturated rings. The van der Waals surface area contributed by atoms with Crippen LogP contribution in [0.4, 0.5) is 0 Å². The molecule has 0 amide bonds. The largest absolute Gasteiger partial charge is 0.457 e. The van der Waals surface area contributed by atoms with Crippen molar-refractivity contribution in [1.29, 1.82) is 0 Å². The maximum absolute atomic E-state index is 12.7. The number of carbonyl (C=O) groups excluding carboxylic acids is 1. The summed E-state index contributed by atoms with van der Waals surface area (Å²) in [6, 6.07) is 0. The van der Waals surface area contributed by atoms with Crippen molar-refractivity contribution in [1.82, 2.24) is 0 Å². The molecule has 1 aliphatic heterocycles. The van der Waals surface area contributed by atoms with Gasteiger partial charge in [0.05, 0.1) is 19.8 Å². The number of unbranched alkanes of at least 4 members (excludes halogenated alkanes) is 19. The Morgan fingerprint density at radius 2 is 1.16 bits per heavy atom. The second kappa shape index (κ2) is 36.2. The fourth-order valence-corrected chi connectivity index (χ4v) is 7.13. The Labute approximate surface area is 345 Å². The van der Waals surface area contributed by atoms with Crippen molar-refractivity contribution in [3.05, 3.63) is 36.5 Å². The molecule has 12 nitrogen and oxygen atoms in total. The van der Waals surface area contributed by atoms with Crippen LogP contribution in [0.2, 0.25) is 0 Å². The number of aliphatic hydroxyl groups excluding tert-OH is 3.